The number of hydrazone groups is 1. The molecule has 0 bridgehead atoms. The predicted octanol–water partition coefficient (Wildman–Crippen LogP) is 4.36. The number of hydrogen-bond donors (Lipinski definition) is 2. The molecule has 0 unspecified atom stereocenters. The summed E-state index contributed by atoms with van der Waals surface area (Å²) in [5.74, 6) is -7.94. The zero-order chi connectivity index (χ0) is 20.5. The van der Waals surface area contributed by atoms with E-state index in [0.717, 1.165) is 6.07 Å². The molecule has 0 aliphatic heterocycles. The van der Waals surface area contributed by atoms with Crippen molar-refractivity contribution in [2.45, 2.75) is 18.1 Å². The van der Waals surface area contributed by atoms with Crippen LogP contribution in [0.4, 0.5) is 30.7 Å². The lowest BCUT2D eigenvalue weighted by molar-refractivity contribution is -0.361. The van der Waals surface area contributed by atoms with Gasteiger partial charge in [0.15, 0.2) is 0 Å². The summed E-state index contributed by atoms with van der Waals surface area (Å²) in [6.07, 6.45) is -6.05. The van der Waals surface area contributed by atoms with Crippen molar-refractivity contribution in [3.05, 3.63) is 47.7 Å². The van der Waals surface area contributed by atoms with Gasteiger partial charge in [-0.1, -0.05) is 18.2 Å². The number of carboxylic acids is 1. The van der Waals surface area contributed by atoms with Crippen LogP contribution in [0.3, 0.4) is 0 Å². The molecule has 0 saturated heterocycles. The van der Waals surface area contributed by atoms with Gasteiger partial charge in [0.05, 0.1) is 11.8 Å². The number of rotatable bonds is 6. The number of carboxylic acid groups (broad SMARTS) is 1. The first-order valence-corrected chi connectivity index (χ1v) is 6.92. The molecule has 0 fully saturated rings. The molecule has 0 atom stereocenters. The monoisotopic (exact) mass is 398 g/mol. The Bertz CT molecular complexity index is 859. The standard InChI is InChI=1S/C15H9F7N2O3/c16-13(17,14(18,19)20)15(21,22)24-23-7-8-5-6-11(27-8)9-3-1-2-4-10(9)12(25)26/h1-7,24H,(H,25,26)/b23-7+. The minimum atomic E-state index is -6.49. The van der Waals surface area contributed by atoms with Gasteiger partial charge in [-0.25, -0.2) is 10.2 Å². The van der Waals surface area contributed by atoms with Gasteiger partial charge in [0.2, 0.25) is 0 Å². The highest BCUT2D eigenvalue weighted by molar-refractivity contribution is 5.95. The summed E-state index contributed by atoms with van der Waals surface area (Å²) in [6.45, 7) is 0. The summed E-state index contributed by atoms with van der Waals surface area (Å²) in [6, 6.07) is 2.27. The number of hydrogen-bond acceptors (Lipinski definition) is 4. The van der Waals surface area contributed by atoms with Crippen LogP contribution in [0.15, 0.2) is 45.9 Å². The van der Waals surface area contributed by atoms with E-state index >= 15 is 0 Å². The van der Waals surface area contributed by atoms with Crippen LogP contribution in [0, 0.1) is 0 Å². The summed E-state index contributed by atoms with van der Waals surface area (Å²) < 4.78 is 92.5. The fraction of sp³-hybridized carbons (Fsp3) is 0.200. The van der Waals surface area contributed by atoms with Gasteiger partial charge in [-0.2, -0.15) is 35.8 Å². The number of aromatic carboxylic acids is 1. The molecule has 146 valence electrons. The van der Waals surface area contributed by atoms with Crippen molar-refractivity contribution in [3.63, 3.8) is 0 Å². The third-order valence-corrected chi connectivity index (χ3v) is 3.20. The van der Waals surface area contributed by atoms with E-state index in [0.29, 0.717) is 11.6 Å². The van der Waals surface area contributed by atoms with Crippen LogP contribution in [-0.4, -0.2) is 35.4 Å². The zero-order valence-corrected chi connectivity index (χ0v) is 12.9. The van der Waals surface area contributed by atoms with E-state index < -0.39 is 24.1 Å². The quantitative estimate of drug-likeness (QED) is 0.328. The van der Waals surface area contributed by atoms with E-state index in [1.54, 1.807) is 0 Å². The SMILES string of the molecule is O=C(O)c1ccccc1-c1ccc(/C=N/NC(F)(F)C(F)(F)C(F)(F)F)o1. The lowest BCUT2D eigenvalue weighted by Crippen LogP contribution is -2.58. The number of halogens is 7. The van der Waals surface area contributed by atoms with Gasteiger partial charge in [-0.05, 0) is 18.2 Å². The summed E-state index contributed by atoms with van der Waals surface area (Å²) in [7, 11) is 0. The third kappa shape index (κ3) is 4.04. The van der Waals surface area contributed by atoms with Gasteiger partial charge in [0.25, 0.3) is 0 Å². The molecule has 1 aromatic carbocycles. The molecule has 1 aromatic heterocycles. The molecule has 2 N–H and O–H groups in total. The van der Waals surface area contributed by atoms with E-state index in [1.165, 1.54) is 30.3 Å². The van der Waals surface area contributed by atoms with Gasteiger partial charge in [-0.3, -0.25) is 0 Å². The van der Waals surface area contributed by atoms with Gasteiger partial charge in [0.1, 0.15) is 11.5 Å². The van der Waals surface area contributed by atoms with Crippen molar-refractivity contribution in [1.29, 1.82) is 0 Å². The Balaban J connectivity index is 2.18. The molecule has 1 heterocycles. The van der Waals surface area contributed by atoms with Crippen LogP contribution >= 0.6 is 0 Å². The van der Waals surface area contributed by atoms with Crippen molar-refractivity contribution in [2.24, 2.45) is 5.10 Å². The highest BCUT2D eigenvalue weighted by atomic mass is 19.4. The van der Waals surface area contributed by atoms with Gasteiger partial charge >= 0.3 is 24.1 Å². The Kier molecular flexibility index (Phi) is 5.20. The molecule has 2 rings (SSSR count). The normalized spacial score (nSPS) is 13.1. The van der Waals surface area contributed by atoms with Crippen molar-refractivity contribution < 1.29 is 45.1 Å². The van der Waals surface area contributed by atoms with Gasteiger partial charge < -0.3 is 9.52 Å². The van der Waals surface area contributed by atoms with E-state index in [9.17, 15) is 35.5 Å². The molecular formula is C15H9F7N2O3. The molecule has 0 radical (unpaired) electrons. The molecule has 12 heteroatoms. The van der Waals surface area contributed by atoms with Crippen LogP contribution in [0.2, 0.25) is 0 Å². The number of furan rings is 1. The van der Waals surface area contributed by atoms with Gasteiger partial charge in [0, 0.05) is 5.56 Å². The first-order valence-electron chi connectivity index (χ1n) is 6.92. The molecule has 0 saturated carbocycles. The minimum absolute atomic E-state index is 0.0122. The molecule has 0 aliphatic rings. The van der Waals surface area contributed by atoms with Crippen LogP contribution in [0.1, 0.15) is 16.1 Å². The van der Waals surface area contributed by atoms with E-state index in [4.69, 9.17) is 9.52 Å². The number of benzene rings is 1. The van der Waals surface area contributed by atoms with Crippen LogP contribution < -0.4 is 5.43 Å². The second-order valence-corrected chi connectivity index (χ2v) is 5.07. The summed E-state index contributed by atoms with van der Waals surface area (Å²) in [4.78, 5) is 11.1. The lowest BCUT2D eigenvalue weighted by atomic mass is 10.1. The number of carbonyl (C=O) groups is 1. The van der Waals surface area contributed by atoms with Crippen molar-refractivity contribution in [2.75, 3.05) is 0 Å². The molecule has 2 aromatic rings. The highest BCUT2D eigenvalue weighted by Crippen LogP contribution is 2.45. The molecule has 0 aliphatic carbocycles. The first kappa shape index (κ1) is 20.3. The first-order chi connectivity index (χ1) is 12.4. The topological polar surface area (TPSA) is 74.8 Å². The maximum atomic E-state index is 13.0. The second-order valence-electron chi connectivity index (χ2n) is 5.07. The minimum Gasteiger partial charge on any atom is -0.478 e. The summed E-state index contributed by atoms with van der Waals surface area (Å²) in [5, 5.41) is 11.7. The third-order valence-electron chi connectivity index (χ3n) is 3.20. The number of alkyl halides is 7. The molecule has 0 amide bonds. The van der Waals surface area contributed by atoms with Crippen molar-refractivity contribution >= 4 is 12.2 Å². The fourth-order valence-electron chi connectivity index (χ4n) is 1.88. The van der Waals surface area contributed by atoms with E-state index in [1.807, 2.05) is 0 Å². The largest absolute Gasteiger partial charge is 0.478 e. The van der Waals surface area contributed by atoms with Gasteiger partial charge in [-0.15, -0.1) is 0 Å². The fourth-order valence-corrected chi connectivity index (χ4v) is 1.88. The molecule has 0 spiro atoms. The Morgan fingerprint density at radius 3 is 2.26 bits per heavy atom. The maximum absolute atomic E-state index is 13.0. The van der Waals surface area contributed by atoms with E-state index in [2.05, 4.69) is 5.10 Å². The average Bonchev–Trinajstić information content (AvgIpc) is 3.02. The Morgan fingerprint density at radius 1 is 1.04 bits per heavy atom. The van der Waals surface area contributed by atoms with E-state index in [-0.39, 0.29) is 22.6 Å². The van der Waals surface area contributed by atoms with Crippen molar-refractivity contribution in [1.82, 2.24) is 5.43 Å². The lowest BCUT2D eigenvalue weighted by Gasteiger charge is -2.27. The second kappa shape index (κ2) is 6.93. The number of nitrogens with zero attached hydrogens (tertiary/aromatic N) is 1. The Hall–Kier alpha value is -3.05. The van der Waals surface area contributed by atoms with Crippen LogP contribution in [0.5, 0.6) is 0 Å². The molecule has 5 nitrogen and oxygen atoms in total. The summed E-state index contributed by atoms with van der Waals surface area (Å²) >= 11 is 0. The van der Waals surface area contributed by atoms with Crippen LogP contribution in [0.25, 0.3) is 11.3 Å². The van der Waals surface area contributed by atoms with Crippen LogP contribution in [-0.2, 0) is 0 Å². The molecular weight excluding hydrogens is 389 g/mol. The average molecular weight is 398 g/mol. The van der Waals surface area contributed by atoms with Crippen molar-refractivity contribution in [3.8, 4) is 11.3 Å². The zero-order valence-electron chi connectivity index (χ0n) is 12.9. The highest BCUT2D eigenvalue weighted by Gasteiger charge is 2.73. The molecule has 27 heavy (non-hydrogen) atoms. The number of nitrogens with one attached hydrogen (secondary N) is 1. The maximum Gasteiger partial charge on any atom is 0.462 e. The Morgan fingerprint density at radius 2 is 1.67 bits per heavy atom. The predicted molar refractivity (Wildman–Crippen MR) is 77.8 cm³/mol. The summed E-state index contributed by atoms with van der Waals surface area (Å²) in [5.41, 5.74) is 0.442. The Labute approximate surface area is 146 Å². The smallest absolute Gasteiger partial charge is 0.462 e.